The highest BCUT2D eigenvalue weighted by Gasteiger charge is 2.21. The third-order valence-electron chi connectivity index (χ3n) is 8.58. The largest absolute Gasteiger partial charge is 0.455 e. The second-order valence-corrected chi connectivity index (χ2v) is 12.5. The summed E-state index contributed by atoms with van der Waals surface area (Å²) in [6.45, 7) is 0. The van der Waals surface area contributed by atoms with Gasteiger partial charge in [-0.2, -0.15) is 0 Å². The molecule has 0 aliphatic rings. The zero-order chi connectivity index (χ0) is 30.9. The average molecular weight is 623 g/mol. The molecule has 4 heterocycles. The molecule has 0 saturated carbocycles. The minimum atomic E-state index is 0.526. The maximum absolute atomic E-state index is 6.61. The number of para-hydroxylation sites is 3. The van der Waals surface area contributed by atoms with Gasteiger partial charge < -0.3 is 8.83 Å². The monoisotopic (exact) mass is 622 g/mol. The number of rotatable bonds is 4. The minimum absolute atomic E-state index is 0.526. The lowest BCUT2D eigenvalue weighted by Gasteiger charge is -2.09. The van der Waals surface area contributed by atoms with Crippen LogP contribution in [0.5, 0.6) is 0 Å². The van der Waals surface area contributed by atoms with Crippen LogP contribution in [0.2, 0.25) is 0 Å². The summed E-state index contributed by atoms with van der Waals surface area (Å²) in [4.78, 5) is 20.0. The highest BCUT2D eigenvalue weighted by atomic mass is 32.1. The second kappa shape index (κ2) is 10.2. The van der Waals surface area contributed by atoms with Crippen molar-refractivity contribution in [3.63, 3.8) is 0 Å². The van der Waals surface area contributed by atoms with Crippen LogP contribution in [0.3, 0.4) is 0 Å². The molecule has 0 bridgehead atoms. The minimum Gasteiger partial charge on any atom is -0.455 e. The first-order valence-corrected chi connectivity index (χ1v) is 16.1. The molecule has 0 spiro atoms. The Kier molecular flexibility index (Phi) is 5.64. The van der Waals surface area contributed by atoms with Gasteiger partial charge >= 0.3 is 0 Å². The number of benzene rings is 6. The van der Waals surface area contributed by atoms with E-state index in [1.807, 2.05) is 97.1 Å². The first-order chi connectivity index (χ1) is 23.3. The molecule has 0 atom stereocenters. The molecule has 7 heteroatoms. The van der Waals surface area contributed by atoms with Gasteiger partial charge in [0.15, 0.2) is 17.5 Å². The van der Waals surface area contributed by atoms with Crippen LogP contribution in [0.25, 0.3) is 98.8 Å². The number of hydrogen-bond donors (Lipinski definition) is 0. The third kappa shape index (κ3) is 4.17. The van der Waals surface area contributed by atoms with Gasteiger partial charge in [-0.25, -0.2) is 19.9 Å². The molecule has 0 radical (unpaired) electrons. The number of aromatic nitrogens is 4. The first kappa shape index (κ1) is 26.1. The van der Waals surface area contributed by atoms with Gasteiger partial charge in [0.05, 0.1) is 21.3 Å². The Morgan fingerprint density at radius 3 is 1.72 bits per heavy atom. The van der Waals surface area contributed by atoms with Crippen molar-refractivity contribution < 1.29 is 8.83 Å². The Balaban J connectivity index is 1.19. The molecular formula is C40H22N4O2S. The second-order valence-electron chi connectivity index (χ2n) is 11.4. The van der Waals surface area contributed by atoms with Crippen LogP contribution >= 0.6 is 11.3 Å². The zero-order valence-corrected chi connectivity index (χ0v) is 25.5. The van der Waals surface area contributed by atoms with Gasteiger partial charge in [-0.3, -0.25) is 0 Å². The zero-order valence-electron chi connectivity index (χ0n) is 24.7. The van der Waals surface area contributed by atoms with E-state index in [9.17, 15) is 0 Å². The molecular weight excluding hydrogens is 601 g/mol. The molecule has 0 fully saturated rings. The van der Waals surface area contributed by atoms with Crippen LogP contribution < -0.4 is 0 Å². The highest BCUT2D eigenvalue weighted by molar-refractivity contribution is 7.21. The number of nitrogens with zero attached hydrogens (tertiary/aromatic N) is 4. The highest BCUT2D eigenvalue weighted by Crippen LogP contribution is 2.40. The van der Waals surface area contributed by atoms with Crippen molar-refractivity contribution in [1.29, 1.82) is 0 Å². The van der Waals surface area contributed by atoms with Gasteiger partial charge in [-0.15, -0.1) is 11.3 Å². The molecule has 10 aromatic rings. The standard InChI is InChI=1S/C40H22N4O2S/c1-3-11-23(12-4-1)37-42-38(28-18-9-16-26-25-15-7-8-20-32(25)45-35(26)28)44-39(43-37)29-19-10-17-27-30-21-34-31(22-33(30)46-36(27)29)41-40(47-34)24-13-5-2-6-14-24/h1-22H. The molecule has 6 aromatic carbocycles. The Labute approximate surface area is 271 Å². The van der Waals surface area contributed by atoms with E-state index in [0.29, 0.717) is 17.5 Å². The normalized spacial score (nSPS) is 11.8. The number of hydrogen-bond acceptors (Lipinski definition) is 7. The summed E-state index contributed by atoms with van der Waals surface area (Å²) in [5.74, 6) is 1.63. The molecule has 47 heavy (non-hydrogen) atoms. The lowest BCUT2D eigenvalue weighted by molar-refractivity contribution is 0.669. The van der Waals surface area contributed by atoms with E-state index in [2.05, 4.69) is 36.4 Å². The van der Waals surface area contributed by atoms with E-state index < -0.39 is 0 Å². The van der Waals surface area contributed by atoms with Crippen molar-refractivity contribution in [1.82, 2.24) is 19.9 Å². The van der Waals surface area contributed by atoms with E-state index in [0.717, 1.165) is 81.4 Å². The molecule has 0 amide bonds. The average Bonchev–Trinajstić information content (AvgIpc) is 3.84. The Hall–Kier alpha value is -6.18. The van der Waals surface area contributed by atoms with Gasteiger partial charge in [0.1, 0.15) is 27.3 Å². The van der Waals surface area contributed by atoms with Crippen LogP contribution in [0, 0.1) is 0 Å². The Morgan fingerprint density at radius 2 is 1.00 bits per heavy atom. The first-order valence-electron chi connectivity index (χ1n) is 15.3. The van der Waals surface area contributed by atoms with E-state index in [1.54, 1.807) is 11.3 Å². The van der Waals surface area contributed by atoms with Gasteiger partial charge in [-0.1, -0.05) is 103 Å². The summed E-state index contributed by atoms with van der Waals surface area (Å²) in [5.41, 5.74) is 7.57. The molecule has 0 aliphatic carbocycles. The van der Waals surface area contributed by atoms with Crippen LogP contribution in [0.4, 0.5) is 0 Å². The number of fused-ring (bicyclic) bond motifs is 7. The fourth-order valence-corrected chi connectivity index (χ4v) is 7.35. The summed E-state index contributed by atoms with van der Waals surface area (Å²) < 4.78 is 14.1. The summed E-state index contributed by atoms with van der Waals surface area (Å²) in [7, 11) is 0. The van der Waals surface area contributed by atoms with Crippen molar-refractivity contribution >= 4 is 65.4 Å². The molecule has 0 aliphatic heterocycles. The fraction of sp³-hybridized carbons (Fsp3) is 0. The molecule has 6 nitrogen and oxygen atoms in total. The topological polar surface area (TPSA) is 77.8 Å². The van der Waals surface area contributed by atoms with Gasteiger partial charge in [-0.05, 0) is 24.3 Å². The molecule has 0 unspecified atom stereocenters. The number of furan rings is 2. The smallest absolute Gasteiger partial charge is 0.167 e. The SMILES string of the molecule is c1ccc(-c2nc(-c3cccc4c3oc3ccccc34)nc(-c3cccc4c3oc3cc5nc(-c6ccccc6)sc5cc34)n2)cc1. The van der Waals surface area contributed by atoms with Crippen LogP contribution in [-0.4, -0.2) is 19.9 Å². The summed E-state index contributed by atoms with van der Waals surface area (Å²) >= 11 is 1.68. The maximum Gasteiger partial charge on any atom is 0.167 e. The van der Waals surface area contributed by atoms with Gasteiger partial charge in [0.2, 0.25) is 0 Å². The van der Waals surface area contributed by atoms with Crippen molar-refractivity contribution in [2.45, 2.75) is 0 Å². The van der Waals surface area contributed by atoms with Crippen molar-refractivity contribution in [2.24, 2.45) is 0 Å². The number of thiazole rings is 1. The third-order valence-corrected chi connectivity index (χ3v) is 9.65. The lowest BCUT2D eigenvalue weighted by Crippen LogP contribution is -2.00. The van der Waals surface area contributed by atoms with Crippen molar-refractivity contribution in [3.05, 3.63) is 133 Å². The van der Waals surface area contributed by atoms with E-state index in [1.165, 1.54) is 0 Å². The summed E-state index contributed by atoms with van der Waals surface area (Å²) in [6, 6.07) is 44.8. The predicted octanol–water partition coefficient (Wildman–Crippen LogP) is 10.9. The van der Waals surface area contributed by atoms with Gasteiger partial charge in [0, 0.05) is 38.7 Å². The molecule has 0 saturated heterocycles. The van der Waals surface area contributed by atoms with Crippen LogP contribution in [0.1, 0.15) is 0 Å². The molecule has 10 rings (SSSR count). The van der Waals surface area contributed by atoms with Crippen molar-refractivity contribution in [3.8, 4) is 44.7 Å². The van der Waals surface area contributed by atoms with Gasteiger partial charge in [0.25, 0.3) is 0 Å². The van der Waals surface area contributed by atoms with Crippen LogP contribution in [-0.2, 0) is 0 Å². The van der Waals surface area contributed by atoms with Crippen LogP contribution in [0.15, 0.2) is 142 Å². The Bertz CT molecular complexity index is 2800. The predicted molar refractivity (Wildman–Crippen MR) is 189 cm³/mol. The molecule has 4 aromatic heterocycles. The maximum atomic E-state index is 6.61. The van der Waals surface area contributed by atoms with Crippen molar-refractivity contribution in [2.75, 3.05) is 0 Å². The lowest BCUT2D eigenvalue weighted by atomic mass is 10.1. The summed E-state index contributed by atoms with van der Waals surface area (Å²) in [5, 5.41) is 5.09. The van der Waals surface area contributed by atoms with E-state index in [-0.39, 0.29) is 0 Å². The van der Waals surface area contributed by atoms with E-state index >= 15 is 0 Å². The molecule has 220 valence electrons. The quantitative estimate of drug-likeness (QED) is 0.194. The summed E-state index contributed by atoms with van der Waals surface area (Å²) in [6.07, 6.45) is 0. The fourth-order valence-electron chi connectivity index (χ4n) is 6.36. The molecule has 0 N–H and O–H groups in total. The van der Waals surface area contributed by atoms with E-state index in [4.69, 9.17) is 28.8 Å². The Morgan fingerprint density at radius 1 is 0.426 bits per heavy atom.